The second-order valence-corrected chi connectivity index (χ2v) is 7.24. The van der Waals surface area contributed by atoms with Gasteiger partial charge in [-0.05, 0) is 6.42 Å². The number of ketones is 1. The van der Waals surface area contributed by atoms with Gasteiger partial charge in [-0.1, -0.05) is 13.8 Å². The van der Waals surface area contributed by atoms with Crippen LogP contribution in [0.2, 0.25) is 0 Å². The number of rotatable bonds is 20. The van der Waals surface area contributed by atoms with Gasteiger partial charge in [0.25, 0.3) is 11.8 Å². The van der Waals surface area contributed by atoms with Crippen LogP contribution in [0.1, 0.15) is 33.1 Å². The molecular weight excluding hydrogens is 420 g/mol. The van der Waals surface area contributed by atoms with Crippen molar-refractivity contribution in [3.05, 3.63) is 12.2 Å². The zero-order valence-electron chi connectivity index (χ0n) is 19.1. The second-order valence-electron chi connectivity index (χ2n) is 7.24. The molecule has 0 aliphatic carbocycles. The third-order valence-electron chi connectivity index (χ3n) is 4.80. The molecule has 182 valence electrons. The standard InChI is InChI=1S/C22H36N2O8/c1-3-18(2)19(25)7-10-29-12-14-31-16-17-32-15-13-30-11-8-23-20(26)6-9-24-21(27)4-5-22(24)28/h4-5,18H,3,6-17H2,1-2H3,(H,23,26). The molecule has 1 unspecified atom stereocenters. The zero-order chi connectivity index (χ0) is 23.6. The highest BCUT2D eigenvalue weighted by molar-refractivity contribution is 6.13. The predicted octanol–water partition coefficient (Wildman–Crippen LogP) is 0.489. The summed E-state index contributed by atoms with van der Waals surface area (Å²) in [6, 6.07) is 0. The van der Waals surface area contributed by atoms with E-state index in [1.807, 2.05) is 13.8 Å². The van der Waals surface area contributed by atoms with Crippen molar-refractivity contribution < 1.29 is 38.1 Å². The molecule has 1 N–H and O–H groups in total. The van der Waals surface area contributed by atoms with Crippen LogP contribution in [0.25, 0.3) is 0 Å². The van der Waals surface area contributed by atoms with Gasteiger partial charge < -0.3 is 24.3 Å². The first-order chi connectivity index (χ1) is 15.5. The van der Waals surface area contributed by atoms with E-state index in [-0.39, 0.29) is 30.6 Å². The quantitative estimate of drug-likeness (QED) is 0.208. The Morgan fingerprint density at radius 2 is 1.34 bits per heavy atom. The van der Waals surface area contributed by atoms with E-state index in [0.29, 0.717) is 65.8 Å². The van der Waals surface area contributed by atoms with Crippen molar-refractivity contribution in [3.8, 4) is 0 Å². The van der Waals surface area contributed by atoms with Crippen LogP contribution in [0.5, 0.6) is 0 Å². The maximum absolute atomic E-state index is 11.7. The third-order valence-corrected chi connectivity index (χ3v) is 4.80. The van der Waals surface area contributed by atoms with Gasteiger partial charge >= 0.3 is 0 Å². The number of carbonyl (C=O) groups is 4. The molecule has 32 heavy (non-hydrogen) atoms. The zero-order valence-corrected chi connectivity index (χ0v) is 19.1. The molecule has 0 spiro atoms. The minimum atomic E-state index is -0.393. The fraction of sp³-hybridized carbons (Fsp3) is 0.727. The lowest BCUT2D eigenvalue weighted by atomic mass is 10.0. The van der Waals surface area contributed by atoms with Crippen molar-refractivity contribution >= 4 is 23.5 Å². The lowest BCUT2D eigenvalue weighted by molar-refractivity contribution is -0.137. The second kappa shape index (κ2) is 17.4. The van der Waals surface area contributed by atoms with E-state index in [4.69, 9.17) is 18.9 Å². The van der Waals surface area contributed by atoms with Crippen molar-refractivity contribution in [2.24, 2.45) is 5.92 Å². The Hall–Kier alpha value is -2.14. The predicted molar refractivity (Wildman–Crippen MR) is 116 cm³/mol. The summed E-state index contributed by atoms with van der Waals surface area (Å²) in [6.45, 7) is 7.70. The largest absolute Gasteiger partial charge is 0.379 e. The highest BCUT2D eigenvalue weighted by Crippen LogP contribution is 2.05. The molecule has 0 saturated carbocycles. The highest BCUT2D eigenvalue weighted by Gasteiger charge is 2.23. The van der Waals surface area contributed by atoms with Gasteiger partial charge in [-0.2, -0.15) is 0 Å². The van der Waals surface area contributed by atoms with Gasteiger partial charge in [0.2, 0.25) is 5.91 Å². The number of hydrogen-bond acceptors (Lipinski definition) is 8. The summed E-state index contributed by atoms with van der Waals surface area (Å²) >= 11 is 0. The Labute approximate surface area is 189 Å². The van der Waals surface area contributed by atoms with Crippen molar-refractivity contribution in [2.45, 2.75) is 33.1 Å². The Balaban J connectivity index is 1.80. The summed E-state index contributed by atoms with van der Waals surface area (Å²) in [7, 11) is 0. The molecule has 0 radical (unpaired) electrons. The molecule has 0 saturated heterocycles. The summed E-state index contributed by atoms with van der Waals surface area (Å²) in [4.78, 5) is 47.1. The monoisotopic (exact) mass is 456 g/mol. The number of hydrogen-bond donors (Lipinski definition) is 1. The minimum Gasteiger partial charge on any atom is -0.379 e. The molecule has 1 heterocycles. The molecular formula is C22H36N2O8. The van der Waals surface area contributed by atoms with Crippen LogP contribution >= 0.6 is 0 Å². The fourth-order valence-electron chi connectivity index (χ4n) is 2.62. The van der Waals surface area contributed by atoms with Gasteiger partial charge in [0.15, 0.2) is 0 Å². The molecule has 0 aromatic carbocycles. The Kier molecular flexibility index (Phi) is 15.2. The summed E-state index contributed by atoms with van der Waals surface area (Å²) in [5.41, 5.74) is 0. The van der Waals surface area contributed by atoms with Crippen LogP contribution in [0.15, 0.2) is 12.2 Å². The van der Waals surface area contributed by atoms with Crippen LogP contribution in [-0.4, -0.2) is 94.3 Å². The SMILES string of the molecule is CCC(C)C(=O)CCOCCOCCOCCOCCNC(=O)CCN1C(=O)C=CC1=O. The van der Waals surface area contributed by atoms with E-state index in [1.54, 1.807) is 0 Å². The van der Waals surface area contributed by atoms with Crippen LogP contribution in [0, 0.1) is 5.92 Å². The Bertz CT molecular complexity index is 605. The number of imide groups is 1. The molecule has 0 aromatic heterocycles. The molecule has 10 heteroatoms. The van der Waals surface area contributed by atoms with E-state index in [9.17, 15) is 19.2 Å². The van der Waals surface area contributed by atoms with Gasteiger partial charge in [-0.3, -0.25) is 24.1 Å². The average molecular weight is 457 g/mol. The number of nitrogens with zero attached hydrogens (tertiary/aromatic N) is 1. The van der Waals surface area contributed by atoms with Crippen LogP contribution in [-0.2, 0) is 38.1 Å². The van der Waals surface area contributed by atoms with Crippen molar-refractivity contribution in [1.29, 1.82) is 0 Å². The molecule has 0 aromatic rings. The Morgan fingerprint density at radius 1 is 0.844 bits per heavy atom. The maximum Gasteiger partial charge on any atom is 0.253 e. The summed E-state index contributed by atoms with van der Waals surface area (Å²) in [5.74, 6) is -0.707. The average Bonchev–Trinajstić information content (AvgIpc) is 3.11. The normalized spacial score (nSPS) is 14.2. The smallest absolute Gasteiger partial charge is 0.253 e. The maximum atomic E-state index is 11.7. The van der Waals surface area contributed by atoms with E-state index < -0.39 is 11.8 Å². The van der Waals surface area contributed by atoms with Gasteiger partial charge in [0, 0.05) is 44.0 Å². The van der Waals surface area contributed by atoms with Gasteiger partial charge in [0.05, 0.1) is 52.9 Å². The first-order valence-electron chi connectivity index (χ1n) is 11.1. The summed E-state index contributed by atoms with van der Waals surface area (Å²) in [5, 5.41) is 2.67. The summed E-state index contributed by atoms with van der Waals surface area (Å²) < 4.78 is 21.5. The minimum absolute atomic E-state index is 0.0590. The van der Waals surface area contributed by atoms with Gasteiger partial charge in [-0.25, -0.2) is 0 Å². The highest BCUT2D eigenvalue weighted by atomic mass is 16.6. The van der Waals surface area contributed by atoms with E-state index in [2.05, 4.69) is 5.32 Å². The van der Waals surface area contributed by atoms with Gasteiger partial charge in [-0.15, -0.1) is 0 Å². The van der Waals surface area contributed by atoms with Crippen LogP contribution in [0.4, 0.5) is 0 Å². The molecule has 1 aliphatic rings. The number of ether oxygens (including phenoxy) is 4. The lowest BCUT2D eigenvalue weighted by Gasteiger charge is -2.13. The van der Waals surface area contributed by atoms with Crippen molar-refractivity contribution in [2.75, 3.05) is 65.9 Å². The Morgan fingerprint density at radius 3 is 1.88 bits per heavy atom. The van der Waals surface area contributed by atoms with Crippen molar-refractivity contribution in [3.63, 3.8) is 0 Å². The van der Waals surface area contributed by atoms with Crippen LogP contribution < -0.4 is 5.32 Å². The van der Waals surface area contributed by atoms with E-state index in [0.717, 1.165) is 11.3 Å². The number of carbonyl (C=O) groups excluding carboxylic acids is 4. The number of nitrogens with one attached hydrogen (secondary N) is 1. The molecule has 0 fully saturated rings. The fourth-order valence-corrected chi connectivity index (χ4v) is 2.62. The van der Waals surface area contributed by atoms with Crippen molar-refractivity contribution in [1.82, 2.24) is 10.2 Å². The molecule has 1 atom stereocenters. The third kappa shape index (κ3) is 12.7. The first kappa shape index (κ1) is 27.9. The molecule has 1 aliphatic heterocycles. The molecule has 10 nitrogen and oxygen atoms in total. The van der Waals surface area contributed by atoms with E-state index >= 15 is 0 Å². The lowest BCUT2D eigenvalue weighted by Crippen LogP contribution is -2.35. The topological polar surface area (TPSA) is 120 Å². The number of Topliss-reactive ketones (excluding diaryl/α,β-unsaturated/α-hetero) is 1. The molecule has 1 rings (SSSR count). The van der Waals surface area contributed by atoms with Gasteiger partial charge in [0.1, 0.15) is 5.78 Å². The summed E-state index contributed by atoms with van der Waals surface area (Å²) in [6.07, 6.45) is 3.74. The molecule has 3 amide bonds. The van der Waals surface area contributed by atoms with Crippen LogP contribution in [0.3, 0.4) is 0 Å². The number of amides is 3. The first-order valence-corrected chi connectivity index (χ1v) is 11.1. The molecule has 0 bridgehead atoms. The van der Waals surface area contributed by atoms with E-state index in [1.165, 1.54) is 12.2 Å².